The minimum absolute atomic E-state index is 0.205. The van der Waals surface area contributed by atoms with E-state index in [0.717, 1.165) is 31.7 Å². The Labute approximate surface area is 161 Å². The van der Waals surface area contributed by atoms with Crippen molar-refractivity contribution >= 4 is 11.6 Å². The van der Waals surface area contributed by atoms with Gasteiger partial charge in [-0.1, -0.05) is 19.9 Å². The molecule has 0 fully saturated rings. The van der Waals surface area contributed by atoms with Crippen LogP contribution in [0.2, 0.25) is 0 Å². The van der Waals surface area contributed by atoms with Gasteiger partial charge in [-0.2, -0.15) is 0 Å². The van der Waals surface area contributed by atoms with E-state index in [4.69, 9.17) is 0 Å². The lowest BCUT2D eigenvalue weighted by Gasteiger charge is -2.25. The molecule has 1 N–H and O–H groups in total. The third kappa shape index (κ3) is 4.95. The first-order valence-corrected chi connectivity index (χ1v) is 10.0. The molecule has 2 aromatic carbocycles. The number of amides is 1. The number of nitrogens with one attached hydrogen (secondary N) is 1. The Balaban J connectivity index is 1.71. The van der Waals surface area contributed by atoms with E-state index in [1.807, 2.05) is 6.07 Å². The summed E-state index contributed by atoms with van der Waals surface area (Å²) in [5, 5.41) is 2.96. The van der Waals surface area contributed by atoms with E-state index in [9.17, 15) is 9.18 Å². The predicted molar refractivity (Wildman–Crippen MR) is 109 cm³/mol. The van der Waals surface area contributed by atoms with Gasteiger partial charge in [-0.15, -0.1) is 0 Å². The van der Waals surface area contributed by atoms with Crippen molar-refractivity contribution in [3.05, 3.63) is 65.0 Å². The molecule has 1 atom stereocenters. The zero-order valence-electron chi connectivity index (χ0n) is 16.3. The van der Waals surface area contributed by atoms with Crippen LogP contribution in [0.15, 0.2) is 42.5 Å². The average Bonchev–Trinajstić information content (AvgIpc) is 3.05. The smallest absolute Gasteiger partial charge is 0.255 e. The van der Waals surface area contributed by atoms with Crippen molar-refractivity contribution in [2.24, 2.45) is 0 Å². The Hall–Kier alpha value is -2.20. The van der Waals surface area contributed by atoms with E-state index < -0.39 is 0 Å². The molecule has 3 nitrogen and oxygen atoms in total. The second-order valence-corrected chi connectivity index (χ2v) is 7.41. The van der Waals surface area contributed by atoms with Gasteiger partial charge in [-0.3, -0.25) is 4.79 Å². The number of anilines is 1. The molecular weight excluding hydrogens is 339 g/mol. The van der Waals surface area contributed by atoms with Gasteiger partial charge in [-0.25, -0.2) is 4.39 Å². The van der Waals surface area contributed by atoms with Crippen LogP contribution in [-0.2, 0) is 6.42 Å². The molecule has 1 amide bonds. The predicted octanol–water partition coefficient (Wildman–Crippen LogP) is 5.23. The molecule has 1 aliphatic rings. The van der Waals surface area contributed by atoms with Gasteiger partial charge in [0.2, 0.25) is 0 Å². The average molecular weight is 368 g/mol. The van der Waals surface area contributed by atoms with Crippen molar-refractivity contribution in [1.29, 1.82) is 0 Å². The number of hydrogen-bond acceptors (Lipinski definition) is 2. The van der Waals surface area contributed by atoms with E-state index >= 15 is 0 Å². The number of carbonyl (C=O) groups excluding carboxylic acids is 1. The minimum atomic E-state index is -0.337. The number of benzene rings is 2. The van der Waals surface area contributed by atoms with Gasteiger partial charge in [0.15, 0.2) is 0 Å². The quantitative estimate of drug-likeness (QED) is 0.692. The van der Waals surface area contributed by atoms with Crippen LogP contribution < -0.4 is 5.32 Å². The van der Waals surface area contributed by atoms with Gasteiger partial charge in [0.25, 0.3) is 5.91 Å². The second-order valence-electron chi connectivity index (χ2n) is 7.41. The number of nitrogens with zero attached hydrogens (tertiary/aromatic N) is 1. The molecule has 1 unspecified atom stereocenters. The minimum Gasteiger partial charge on any atom is -0.322 e. The van der Waals surface area contributed by atoms with Crippen molar-refractivity contribution in [3.63, 3.8) is 0 Å². The lowest BCUT2D eigenvalue weighted by Crippen LogP contribution is -2.29. The number of hydrogen-bond donors (Lipinski definition) is 1. The normalized spacial score (nSPS) is 15.8. The summed E-state index contributed by atoms with van der Waals surface area (Å²) in [5.74, 6) is -0.0144. The highest BCUT2D eigenvalue weighted by Crippen LogP contribution is 2.35. The fourth-order valence-corrected chi connectivity index (χ4v) is 4.00. The van der Waals surface area contributed by atoms with E-state index in [2.05, 4.69) is 36.2 Å². The summed E-state index contributed by atoms with van der Waals surface area (Å²) in [5.41, 5.74) is 4.04. The van der Waals surface area contributed by atoms with Gasteiger partial charge in [0, 0.05) is 17.8 Å². The van der Waals surface area contributed by atoms with Gasteiger partial charge in [0.05, 0.1) is 0 Å². The van der Waals surface area contributed by atoms with E-state index in [-0.39, 0.29) is 11.7 Å². The molecule has 2 aromatic rings. The summed E-state index contributed by atoms with van der Waals surface area (Å²) in [6, 6.07) is 11.9. The van der Waals surface area contributed by atoms with Crippen LogP contribution in [0.25, 0.3) is 0 Å². The molecule has 0 saturated heterocycles. The van der Waals surface area contributed by atoms with Gasteiger partial charge < -0.3 is 10.2 Å². The molecule has 0 spiro atoms. The summed E-state index contributed by atoms with van der Waals surface area (Å²) >= 11 is 0. The number of halogens is 1. The maximum atomic E-state index is 13.0. The van der Waals surface area contributed by atoms with Crippen LogP contribution >= 0.6 is 0 Å². The molecule has 0 heterocycles. The van der Waals surface area contributed by atoms with Crippen LogP contribution in [0.1, 0.15) is 60.5 Å². The molecule has 4 heteroatoms. The number of fused-ring (bicyclic) bond motifs is 1. The van der Waals surface area contributed by atoms with Crippen molar-refractivity contribution in [3.8, 4) is 0 Å². The van der Waals surface area contributed by atoms with Gasteiger partial charge in [-0.05, 0) is 92.2 Å². The Bertz CT molecular complexity index is 766. The van der Waals surface area contributed by atoms with Crippen LogP contribution in [0.4, 0.5) is 10.1 Å². The monoisotopic (exact) mass is 368 g/mol. The Morgan fingerprint density at radius 2 is 1.81 bits per heavy atom. The summed E-state index contributed by atoms with van der Waals surface area (Å²) in [6.07, 6.45) is 4.63. The second kappa shape index (κ2) is 9.14. The SMILES string of the molecule is CCCN(CCC)CC1CCc2ccc(NC(=O)c3ccc(F)cc3)cc21. The molecule has 144 valence electrons. The van der Waals surface area contributed by atoms with E-state index in [0.29, 0.717) is 11.5 Å². The first kappa shape index (κ1) is 19.6. The van der Waals surface area contributed by atoms with Gasteiger partial charge in [0.1, 0.15) is 5.82 Å². The fourth-order valence-electron chi connectivity index (χ4n) is 4.00. The third-order valence-electron chi connectivity index (χ3n) is 5.27. The van der Waals surface area contributed by atoms with Crippen LogP contribution in [0, 0.1) is 5.82 Å². The number of rotatable bonds is 8. The van der Waals surface area contributed by atoms with E-state index in [1.54, 1.807) is 0 Å². The molecule has 0 aromatic heterocycles. The number of carbonyl (C=O) groups is 1. The molecular formula is C23H29FN2O. The first-order chi connectivity index (χ1) is 13.1. The molecule has 3 rings (SSSR count). The summed E-state index contributed by atoms with van der Waals surface area (Å²) in [6.45, 7) is 7.83. The highest BCUT2D eigenvalue weighted by Gasteiger charge is 2.24. The van der Waals surface area contributed by atoms with Crippen molar-refractivity contribution < 1.29 is 9.18 Å². The standard InChI is InChI=1S/C23H29FN2O/c1-3-13-26(14-4-2)16-19-6-5-17-9-12-21(15-22(17)19)25-23(27)18-7-10-20(24)11-8-18/h7-12,15,19H,3-6,13-14,16H2,1-2H3,(H,25,27). The van der Waals surface area contributed by atoms with Crippen molar-refractivity contribution in [2.45, 2.75) is 45.4 Å². The number of aryl methyl sites for hydroxylation is 1. The summed E-state index contributed by atoms with van der Waals surface area (Å²) in [7, 11) is 0. The summed E-state index contributed by atoms with van der Waals surface area (Å²) < 4.78 is 13.0. The lowest BCUT2D eigenvalue weighted by molar-refractivity contribution is 0.102. The molecule has 27 heavy (non-hydrogen) atoms. The lowest BCUT2D eigenvalue weighted by atomic mass is 9.99. The van der Waals surface area contributed by atoms with Crippen molar-refractivity contribution in [2.75, 3.05) is 25.0 Å². The van der Waals surface area contributed by atoms with Gasteiger partial charge >= 0.3 is 0 Å². The largest absolute Gasteiger partial charge is 0.322 e. The van der Waals surface area contributed by atoms with Crippen LogP contribution in [0.3, 0.4) is 0 Å². The molecule has 0 aliphatic heterocycles. The Kier molecular flexibility index (Phi) is 6.62. The Morgan fingerprint density at radius 1 is 1.11 bits per heavy atom. The summed E-state index contributed by atoms with van der Waals surface area (Å²) in [4.78, 5) is 15.0. The zero-order chi connectivity index (χ0) is 19.2. The van der Waals surface area contributed by atoms with E-state index in [1.165, 1.54) is 54.7 Å². The maximum absolute atomic E-state index is 13.0. The Morgan fingerprint density at radius 3 is 2.48 bits per heavy atom. The van der Waals surface area contributed by atoms with Crippen molar-refractivity contribution in [1.82, 2.24) is 4.90 Å². The topological polar surface area (TPSA) is 32.3 Å². The molecule has 1 aliphatic carbocycles. The maximum Gasteiger partial charge on any atom is 0.255 e. The zero-order valence-corrected chi connectivity index (χ0v) is 16.3. The van der Waals surface area contributed by atoms with Crippen LogP contribution in [-0.4, -0.2) is 30.4 Å². The highest BCUT2D eigenvalue weighted by atomic mass is 19.1. The third-order valence-corrected chi connectivity index (χ3v) is 5.27. The molecule has 0 radical (unpaired) electrons. The fraction of sp³-hybridized carbons (Fsp3) is 0.435. The van der Waals surface area contributed by atoms with Crippen LogP contribution in [0.5, 0.6) is 0 Å². The highest BCUT2D eigenvalue weighted by molar-refractivity contribution is 6.04. The molecule has 0 bridgehead atoms. The molecule has 0 saturated carbocycles. The first-order valence-electron chi connectivity index (χ1n) is 10.0.